The van der Waals surface area contributed by atoms with Crippen LogP contribution >= 0.6 is 0 Å². The number of likely N-dealkylation sites (tertiary alicyclic amines) is 1. The zero-order chi connectivity index (χ0) is 13.7. The summed E-state index contributed by atoms with van der Waals surface area (Å²) in [7, 11) is 0. The highest BCUT2D eigenvalue weighted by Crippen LogP contribution is 2.23. The normalized spacial score (nSPS) is 22.0. The van der Waals surface area contributed by atoms with E-state index in [0.29, 0.717) is 6.04 Å². The van der Waals surface area contributed by atoms with Gasteiger partial charge < -0.3 is 5.73 Å². The van der Waals surface area contributed by atoms with Crippen molar-refractivity contribution in [1.82, 2.24) is 4.90 Å². The molecule has 0 aliphatic carbocycles. The molecule has 0 radical (unpaired) electrons. The van der Waals surface area contributed by atoms with Crippen LogP contribution in [-0.2, 0) is 6.42 Å². The third-order valence-electron chi connectivity index (χ3n) is 4.30. The van der Waals surface area contributed by atoms with Crippen LogP contribution in [-0.4, -0.2) is 30.1 Å². The Kier molecular flexibility index (Phi) is 5.41. The largest absolute Gasteiger partial charge is 0.327 e. The first-order valence-electron chi connectivity index (χ1n) is 7.70. The van der Waals surface area contributed by atoms with Crippen LogP contribution in [0.3, 0.4) is 0 Å². The molecule has 2 heteroatoms. The lowest BCUT2D eigenvalue weighted by Gasteiger charge is -2.29. The van der Waals surface area contributed by atoms with E-state index in [1.807, 2.05) is 0 Å². The molecule has 1 aliphatic heterocycles. The summed E-state index contributed by atoms with van der Waals surface area (Å²) < 4.78 is 0. The molecule has 2 rings (SSSR count). The maximum atomic E-state index is 6.32. The summed E-state index contributed by atoms with van der Waals surface area (Å²) in [4.78, 5) is 2.61. The molecule has 1 saturated heterocycles. The van der Waals surface area contributed by atoms with Crippen molar-refractivity contribution in [3.05, 3.63) is 35.9 Å². The Morgan fingerprint density at radius 2 is 2.00 bits per heavy atom. The molecule has 0 amide bonds. The Bertz CT molecular complexity index is 361. The zero-order valence-electron chi connectivity index (χ0n) is 12.4. The van der Waals surface area contributed by atoms with Gasteiger partial charge in [-0.05, 0) is 43.7 Å². The molecule has 106 valence electrons. The molecule has 1 aromatic carbocycles. The van der Waals surface area contributed by atoms with Crippen molar-refractivity contribution in [3.8, 4) is 0 Å². The Balaban J connectivity index is 1.76. The Labute approximate surface area is 118 Å². The van der Waals surface area contributed by atoms with Crippen molar-refractivity contribution in [1.29, 1.82) is 0 Å². The summed E-state index contributed by atoms with van der Waals surface area (Å²) in [6.07, 6.45) is 4.88. The molecule has 0 spiro atoms. The molecule has 1 aliphatic rings. The molecule has 2 nitrogen and oxygen atoms in total. The summed E-state index contributed by atoms with van der Waals surface area (Å²) in [6.45, 7) is 6.97. The summed E-state index contributed by atoms with van der Waals surface area (Å²) in [5.41, 5.74) is 7.72. The second kappa shape index (κ2) is 7.06. The van der Waals surface area contributed by atoms with Crippen molar-refractivity contribution in [2.24, 2.45) is 11.7 Å². The number of hydrogen-bond acceptors (Lipinski definition) is 2. The number of rotatable bonds is 6. The van der Waals surface area contributed by atoms with E-state index in [-0.39, 0.29) is 0 Å². The molecule has 0 bridgehead atoms. The molecule has 19 heavy (non-hydrogen) atoms. The standard InChI is InChI=1S/C17H28N2/c1-14(2)17-9-6-12-19(17)13-16(18)11-10-15-7-4-3-5-8-15/h3-5,7-8,14,16-17H,6,9-13,18H2,1-2H3. The maximum Gasteiger partial charge on any atom is 0.0171 e. The number of hydrogen-bond donors (Lipinski definition) is 1. The van der Waals surface area contributed by atoms with Gasteiger partial charge in [0.1, 0.15) is 0 Å². The van der Waals surface area contributed by atoms with E-state index in [0.717, 1.165) is 31.3 Å². The Morgan fingerprint density at radius 1 is 1.26 bits per heavy atom. The van der Waals surface area contributed by atoms with Gasteiger partial charge in [-0.1, -0.05) is 44.2 Å². The van der Waals surface area contributed by atoms with Gasteiger partial charge >= 0.3 is 0 Å². The minimum atomic E-state index is 0.305. The second-order valence-electron chi connectivity index (χ2n) is 6.23. The van der Waals surface area contributed by atoms with Gasteiger partial charge in [0, 0.05) is 18.6 Å². The Hall–Kier alpha value is -0.860. The molecular formula is C17H28N2. The van der Waals surface area contributed by atoms with E-state index in [1.54, 1.807) is 0 Å². The first kappa shape index (κ1) is 14.5. The smallest absolute Gasteiger partial charge is 0.0171 e. The fourth-order valence-electron chi connectivity index (χ4n) is 3.22. The van der Waals surface area contributed by atoms with Crippen LogP contribution in [0.25, 0.3) is 0 Å². The van der Waals surface area contributed by atoms with Gasteiger partial charge in [0.2, 0.25) is 0 Å². The molecule has 1 aromatic rings. The van der Waals surface area contributed by atoms with Crippen LogP contribution in [0, 0.1) is 5.92 Å². The van der Waals surface area contributed by atoms with Crippen molar-refractivity contribution < 1.29 is 0 Å². The van der Waals surface area contributed by atoms with E-state index >= 15 is 0 Å². The summed E-state index contributed by atoms with van der Waals surface area (Å²) in [5, 5.41) is 0. The minimum Gasteiger partial charge on any atom is -0.327 e. The average Bonchev–Trinajstić information content (AvgIpc) is 2.86. The lowest BCUT2D eigenvalue weighted by molar-refractivity contribution is 0.193. The van der Waals surface area contributed by atoms with Crippen LogP contribution in [0.2, 0.25) is 0 Å². The lowest BCUT2D eigenvalue weighted by atomic mass is 10.0. The van der Waals surface area contributed by atoms with Crippen LogP contribution in [0.4, 0.5) is 0 Å². The lowest BCUT2D eigenvalue weighted by Crippen LogP contribution is -2.42. The number of nitrogens with two attached hydrogens (primary N) is 1. The third-order valence-corrected chi connectivity index (χ3v) is 4.30. The minimum absolute atomic E-state index is 0.305. The summed E-state index contributed by atoms with van der Waals surface area (Å²) in [6, 6.07) is 11.7. The van der Waals surface area contributed by atoms with Gasteiger partial charge in [0.05, 0.1) is 0 Å². The van der Waals surface area contributed by atoms with Gasteiger partial charge in [-0.3, -0.25) is 4.90 Å². The molecule has 1 fully saturated rings. The molecule has 0 aromatic heterocycles. The van der Waals surface area contributed by atoms with E-state index in [4.69, 9.17) is 5.73 Å². The first-order chi connectivity index (χ1) is 9.16. The van der Waals surface area contributed by atoms with Crippen molar-refractivity contribution >= 4 is 0 Å². The predicted molar refractivity (Wildman–Crippen MR) is 82.2 cm³/mol. The molecular weight excluding hydrogens is 232 g/mol. The second-order valence-corrected chi connectivity index (χ2v) is 6.23. The van der Waals surface area contributed by atoms with E-state index in [9.17, 15) is 0 Å². The van der Waals surface area contributed by atoms with Gasteiger partial charge in [-0.2, -0.15) is 0 Å². The topological polar surface area (TPSA) is 29.3 Å². The fourth-order valence-corrected chi connectivity index (χ4v) is 3.22. The number of aryl methyl sites for hydroxylation is 1. The molecule has 2 unspecified atom stereocenters. The molecule has 0 saturated carbocycles. The fraction of sp³-hybridized carbons (Fsp3) is 0.647. The third kappa shape index (κ3) is 4.32. The van der Waals surface area contributed by atoms with Crippen molar-refractivity contribution in [3.63, 3.8) is 0 Å². The van der Waals surface area contributed by atoms with Gasteiger partial charge in [-0.15, -0.1) is 0 Å². The van der Waals surface area contributed by atoms with Gasteiger partial charge in [0.25, 0.3) is 0 Å². The SMILES string of the molecule is CC(C)C1CCCN1CC(N)CCc1ccccc1. The number of nitrogens with zero attached hydrogens (tertiary/aromatic N) is 1. The van der Waals surface area contributed by atoms with Crippen molar-refractivity contribution in [2.75, 3.05) is 13.1 Å². The zero-order valence-corrected chi connectivity index (χ0v) is 12.4. The van der Waals surface area contributed by atoms with Crippen LogP contribution in [0.15, 0.2) is 30.3 Å². The quantitative estimate of drug-likeness (QED) is 0.851. The van der Waals surface area contributed by atoms with E-state index < -0.39 is 0 Å². The molecule has 1 heterocycles. The highest BCUT2D eigenvalue weighted by Gasteiger charge is 2.27. The average molecular weight is 260 g/mol. The summed E-state index contributed by atoms with van der Waals surface area (Å²) in [5.74, 6) is 0.754. The first-order valence-corrected chi connectivity index (χ1v) is 7.70. The van der Waals surface area contributed by atoms with Crippen molar-refractivity contribution in [2.45, 2.75) is 51.6 Å². The predicted octanol–water partition coefficient (Wildman–Crippen LogP) is 3.07. The highest BCUT2D eigenvalue weighted by atomic mass is 15.2. The monoisotopic (exact) mass is 260 g/mol. The highest BCUT2D eigenvalue weighted by molar-refractivity contribution is 5.14. The summed E-state index contributed by atoms with van der Waals surface area (Å²) >= 11 is 0. The molecule has 2 N–H and O–H groups in total. The van der Waals surface area contributed by atoms with E-state index in [1.165, 1.54) is 24.9 Å². The van der Waals surface area contributed by atoms with Crippen LogP contribution < -0.4 is 5.73 Å². The molecule has 2 atom stereocenters. The van der Waals surface area contributed by atoms with Gasteiger partial charge in [-0.25, -0.2) is 0 Å². The van der Waals surface area contributed by atoms with Crippen LogP contribution in [0.1, 0.15) is 38.7 Å². The van der Waals surface area contributed by atoms with Crippen LogP contribution in [0.5, 0.6) is 0 Å². The number of benzene rings is 1. The van der Waals surface area contributed by atoms with Gasteiger partial charge in [0.15, 0.2) is 0 Å². The Morgan fingerprint density at radius 3 is 2.68 bits per heavy atom. The maximum absolute atomic E-state index is 6.32. The van der Waals surface area contributed by atoms with E-state index in [2.05, 4.69) is 49.1 Å².